The molecule has 206 valence electrons. The molecule has 3 heterocycles. The van der Waals surface area contributed by atoms with Gasteiger partial charge in [0.05, 0.1) is 28.2 Å². The van der Waals surface area contributed by atoms with Crippen molar-refractivity contribution in [3.63, 3.8) is 0 Å². The molecule has 0 radical (unpaired) electrons. The lowest BCUT2D eigenvalue weighted by atomic mass is 9.85. The number of hydrogen-bond donors (Lipinski definition) is 2. The molecule has 0 saturated carbocycles. The lowest BCUT2D eigenvalue weighted by Gasteiger charge is -2.17. The number of rotatable bonds is 4. The molecule has 42 heavy (non-hydrogen) atoms. The molecule has 0 aliphatic carbocycles. The number of nitrogens with zero attached hydrogens (tertiary/aromatic N) is 3. The van der Waals surface area contributed by atoms with Crippen LogP contribution in [0.1, 0.15) is 34.6 Å². The average molecular weight is 554 g/mol. The summed E-state index contributed by atoms with van der Waals surface area (Å²) in [6.45, 7) is 1.84. The van der Waals surface area contributed by atoms with Gasteiger partial charge < -0.3 is 14.6 Å². The van der Waals surface area contributed by atoms with E-state index in [4.69, 9.17) is 14.5 Å². The SMILES string of the molecule is Cc1cccc2c(O)c(C3=Nc4ccccc4CC(c4cn(-c5ccccc5)nc4-c4ccccc4O)C3)c(=O)oc12. The van der Waals surface area contributed by atoms with Gasteiger partial charge in [0.1, 0.15) is 22.6 Å². The van der Waals surface area contributed by atoms with Crippen LogP contribution in [0.15, 0.2) is 117 Å². The molecule has 2 N–H and O–H groups in total. The van der Waals surface area contributed by atoms with E-state index in [0.717, 1.165) is 28.1 Å². The standard InChI is InChI=1S/C35H27N3O4/c1-21-10-9-15-26-33(40)31(35(41)42-34(21)26)29-19-23(18-22-11-5-7-16-28(22)36-29)27-20-38(24-12-3-2-4-13-24)37-32(27)25-14-6-8-17-30(25)39/h2-17,20,23,39-40H,18-19H2,1H3. The third-order valence-electron chi connectivity index (χ3n) is 7.91. The zero-order chi connectivity index (χ0) is 28.8. The fraction of sp³-hybridized carbons (Fsp3) is 0.114. The van der Waals surface area contributed by atoms with Gasteiger partial charge in [0.2, 0.25) is 0 Å². The van der Waals surface area contributed by atoms with Crippen LogP contribution >= 0.6 is 0 Å². The summed E-state index contributed by atoms with van der Waals surface area (Å²) >= 11 is 0. The number of aryl methyl sites for hydroxylation is 1. The molecule has 1 atom stereocenters. The Kier molecular flexibility index (Phi) is 6.20. The fourth-order valence-corrected chi connectivity index (χ4v) is 5.82. The van der Waals surface area contributed by atoms with Crippen molar-refractivity contribution in [2.75, 3.05) is 0 Å². The molecule has 6 aromatic rings. The first-order chi connectivity index (χ1) is 20.5. The second-order valence-electron chi connectivity index (χ2n) is 10.6. The first-order valence-electron chi connectivity index (χ1n) is 13.8. The zero-order valence-corrected chi connectivity index (χ0v) is 22.9. The first kappa shape index (κ1) is 25.5. The minimum Gasteiger partial charge on any atom is -0.507 e. The zero-order valence-electron chi connectivity index (χ0n) is 22.9. The largest absolute Gasteiger partial charge is 0.507 e. The van der Waals surface area contributed by atoms with Gasteiger partial charge in [-0.3, -0.25) is 4.99 Å². The normalized spacial score (nSPS) is 14.8. The maximum Gasteiger partial charge on any atom is 0.349 e. The maximum atomic E-state index is 13.4. The number of benzene rings is 4. The minimum absolute atomic E-state index is 0.0642. The van der Waals surface area contributed by atoms with Gasteiger partial charge in [0, 0.05) is 17.3 Å². The van der Waals surface area contributed by atoms with Crippen LogP contribution in [-0.4, -0.2) is 25.7 Å². The van der Waals surface area contributed by atoms with Crippen molar-refractivity contribution in [3.8, 4) is 28.4 Å². The molecule has 0 saturated heterocycles. The summed E-state index contributed by atoms with van der Waals surface area (Å²) in [5, 5.41) is 27.7. The minimum atomic E-state index is -0.632. The Bertz CT molecular complexity index is 2060. The van der Waals surface area contributed by atoms with Crippen LogP contribution in [0.2, 0.25) is 0 Å². The van der Waals surface area contributed by atoms with Crippen molar-refractivity contribution in [1.29, 1.82) is 0 Å². The predicted molar refractivity (Wildman–Crippen MR) is 163 cm³/mol. The lowest BCUT2D eigenvalue weighted by Crippen LogP contribution is -2.18. The highest BCUT2D eigenvalue weighted by Crippen LogP contribution is 2.41. The molecule has 1 unspecified atom stereocenters. The summed E-state index contributed by atoms with van der Waals surface area (Å²) in [6.07, 6.45) is 2.94. The van der Waals surface area contributed by atoms with Gasteiger partial charge in [-0.15, -0.1) is 0 Å². The Morgan fingerprint density at radius 1 is 0.857 bits per heavy atom. The molecular formula is C35H27N3O4. The summed E-state index contributed by atoms with van der Waals surface area (Å²) in [5.74, 6) is -0.197. The number of fused-ring (bicyclic) bond motifs is 2. The number of aromatic nitrogens is 2. The fourth-order valence-electron chi connectivity index (χ4n) is 5.82. The Morgan fingerprint density at radius 3 is 2.45 bits per heavy atom. The van der Waals surface area contributed by atoms with Crippen molar-refractivity contribution in [3.05, 3.63) is 136 Å². The van der Waals surface area contributed by atoms with Crippen LogP contribution < -0.4 is 5.63 Å². The van der Waals surface area contributed by atoms with Crippen molar-refractivity contribution in [2.45, 2.75) is 25.7 Å². The second kappa shape index (κ2) is 10.2. The number of phenolic OH excluding ortho intramolecular Hbond substituents is 1. The van der Waals surface area contributed by atoms with E-state index in [2.05, 4.69) is 0 Å². The molecule has 7 nitrogen and oxygen atoms in total. The highest BCUT2D eigenvalue weighted by atomic mass is 16.4. The van der Waals surface area contributed by atoms with Crippen molar-refractivity contribution in [1.82, 2.24) is 9.78 Å². The highest BCUT2D eigenvalue weighted by molar-refractivity contribution is 6.08. The number of aliphatic imine (C=N–C) groups is 1. The molecular weight excluding hydrogens is 526 g/mol. The Balaban J connectivity index is 1.44. The molecule has 0 bridgehead atoms. The predicted octanol–water partition coefficient (Wildman–Crippen LogP) is 7.22. The number of hydrogen-bond acceptors (Lipinski definition) is 6. The van der Waals surface area contributed by atoms with E-state index >= 15 is 0 Å². The Hall–Kier alpha value is -5.43. The van der Waals surface area contributed by atoms with E-state index in [1.807, 2.05) is 96.7 Å². The third kappa shape index (κ3) is 4.36. The number of para-hydroxylation sites is 4. The second-order valence-corrected chi connectivity index (χ2v) is 10.6. The van der Waals surface area contributed by atoms with Gasteiger partial charge in [0.15, 0.2) is 0 Å². The summed E-state index contributed by atoms with van der Waals surface area (Å²) in [6, 6.07) is 30.2. The van der Waals surface area contributed by atoms with E-state index in [9.17, 15) is 15.0 Å². The highest BCUT2D eigenvalue weighted by Gasteiger charge is 2.30. The summed E-state index contributed by atoms with van der Waals surface area (Å²) in [4.78, 5) is 18.4. The molecule has 4 aromatic carbocycles. The number of aromatic hydroxyl groups is 2. The number of phenols is 1. The Morgan fingerprint density at radius 2 is 1.62 bits per heavy atom. The Labute approximate surface area is 241 Å². The molecule has 0 spiro atoms. The lowest BCUT2D eigenvalue weighted by molar-refractivity contribution is 0.465. The summed E-state index contributed by atoms with van der Waals surface area (Å²) in [7, 11) is 0. The molecule has 1 aliphatic rings. The van der Waals surface area contributed by atoms with Gasteiger partial charge in [-0.05, 0) is 73.2 Å². The van der Waals surface area contributed by atoms with Crippen molar-refractivity contribution < 1.29 is 14.6 Å². The molecule has 1 aliphatic heterocycles. The van der Waals surface area contributed by atoms with E-state index in [0.29, 0.717) is 40.8 Å². The first-order valence-corrected chi connectivity index (χ1v) is 13.8. The van der Waals surface area contributed by atoms with Crippen LogP contribution in [0.4, 0.5) is 5.69 Å². The topological polar surface area (TPSA) is 101 Å². The van der Waals surface area contributed by atoms with Gasteiger partial charge in [-0.2, -0.15) is 5.10 Å². The molecule has 0 amide bonds. The molecule has 0 fully saturated rings. The van der Waals surface area contributed by atoms with Gasteiger partial charge in [-0.25, -0.2) is 9.48 Å². The van der Waals surface area contributed by atoms with Gasteiger partial charge >= 0.3 is 5.63 Å². The smallest absolute Gasteiger partial charge is 0.349 e. The van der Waals surface area contributed by atoms with Gasteiger partial charge in [0.25, 0.3) is 0 Å². The molecule has 7 rings (SSSR count). The molecule has 7 heteroatoms. The van der Waals surface area contributed by atoms with Crippen LogP contribution in [0.3, 0.4) is 0 Å². The quantitative estimate of drug-likeness (QED) is 0.225. The van der Waals surface area contributed by atoms with E-state index in [-0.39, 0.29) is 23.0 Å². The summed E-state index contributed by atoms with van der Waals surface area (Å²) in [5.41, 5.74) is 5.77. The summed E-state index contributed by atoms with van der Waals surface area (Å²) < 4.78 is 7.57. The maximum absolute atomic E-state index is 13.4. The van der Waals surface area contributed by atoms with Crippen molar-refractivity contribution in [2.24, 2.45) is 4.99 Å². The van der Waals surface area contributed by atoms with Crippen LogP contribution in [0.25, 0.3) is 27.9 Å². The van der Waals surface area contributed by atoms with E-state index in [1.165, 1.54) is 0 Å². The van der Waals surface area contributed by atoms with Crippen LogP contribution in [0.5, 0.6) is 11.5 Å². The van der Waals surface area contributed by atoms with Crippen LogP contribution in [0, 0.1) is 6.92 Å². The van der Waals surface area contributed by atoms with Crippen LogP contribution in [-0.2, 0) is 6.42 Å². The van der Waals surface area contributed by atoms with Crippen molar-refractivity contribution >= 4 is 22.4 Å². The van der Waals surface area contributed by atoms with E-state index < -0.39 is 5.63 Å². The van der Waals surface area contributed by atoms with E-state index in [1.54, 1.807) is 18.2 Å². The molecule has 2 aromatic heterocycles. The van der Waals surface area contributed by atoms with Gasteiger partial charge in [-0.1, -0.05) is 60.7 Å². The third-order valence-corrected chi connectivity index (χ3v) is 7.91. The monoisotopic (exact) mass is 553 g/mol. The average Bonchev–Trinajstić information content (AvgIpc) is 3.35.